The minimum absolute atomic E-state index is 0.0694. The van der Waals surface area contributed by atoms with Gasteiger partial charge in [-0.05, 0) is 48.9 Å². The van der Waals surface area contributed by atoms with Gasteiger partial charge in [0.1, 0.15) is 5.82 Å². The van der Waals surface area contributed by atoms with Gasteiger partial charge in [0, 0.05) is 32.4 Å². The fourth-order valence-electron chi connectivity index (χ4n) is 3.26. The average molecular weight is 384 g/mol. The molecule has 6 nitrogen and oxygen atoms in total. The summed E-state index contributed by atoms with van der Waals surface area (Å²) in [5.74, 6) is -0.137. The Balaban J connectivity index is 1.47. The Morgan fingerprint density at radius 2 is 1.79 bits per heavy atom. The fourth-order valence-corrected chi connectivity index (χ4v) is 3.26. The smallest absolute Gasteiger partial charge is 0.319 e. The summed E-state index contributed by atoms with van der Waals surface area (Å²) in [6.45, 7) is 1.78. The Morgan fingerprint density at radius 1 is 1.14 bits per heavy atom. The molecular formula is C21H25FN4O2. The van der Waals surface area contributed by atoms with E-state index in [0.717, 1.165) is 24.1 Å². The second-order valence-corrected chi connectivity index (χ2v) is 7.11. The number of rotatable bonds is 6. The summed E-state index contributed by atoms with van der Waals surface area (Å²) >= 11 is 0. The molecule has 1 atom stereocenters. The normalized spacial score (nSPS) is 16.5. The lowest BCUT2D eigenvalue weighted by atomic mass is 10.1. The summed E-state index contributed by atoms with van der Waals surface area (Å²) in [6.07, 6.45) is 0.847. The molecule has 1 aliphatic heterocycles. The number of amides is 3. The highest BCUT2D eigenvalue weighted by atomic mass is 19.1. The zero-order valence-electron chi connectivity index (χ0n) is 16.1. The van der Waals surface area contributed by atoms with Crippen LogP contribution < -0.4 is 10.6 Å². The van der Waals surface area contributed by atoms with Crippen LogP contribution in [0.2, 0.25) is 0 Å². The molecule has 28 heavy (non-hydrogen) atoms. The number of urea groups is 1. The van der Waals surface area contributed by atoms with Gasteiger partial charge in [0.15, 0.2) is 0 Å². The molecule has 1 heterocycles. The second kappa shape index (κ2) is 8.84. The number of benzene rings is 2. The van der Waals surface area contributed by atoms with Crippen LogP contribution >= 0.6 is 0 Å². The van der Waals surface area contributed by atoms with Gasteiger partial charge in [0.25, 0.3) is 0 Å². The summed E-state index contributed by atoms with van der Waals surface area (Å²) in [7, 11) is 3.79. The van der Waals surface area contributed by atoms with Crippen molar-refractivity contribution < 1.29 is 14.0 Å². The Labute approximate surface area is 164 Å². The SMILES string of the molecule is CN1CCC(N(C)Cc2ccc(NC(=O)NCc3ccc(F)cc3)cc2)C1=O. The second-order valence-electron chi connectivity index (χ2n) is 7.11. The Hall–Kier alpha value is -2.93. The van der Waals surface area contributed by atoms with E-state index < -0.39 is 0 Å². The first kappa shape index (κ1) is 19.8. The van der Waals surface area contributed by atoms with Crippen molar-refractivity contribution in [2.75, 3.05) is 26.0 Å². The topological polar surface area (TPSA) is 64.7 Å². The number of carbonyl (C=O) groups excluding carboxylic acids is 2. The van der Waals surface area contributed by atoms with E-state index in [-0.39, 0.29) is 23.8 Å². The molecule has 2 aromatic rings. The number of nitrogens with one attached hydrogen (secondary N) is 2. The number of halogens is 1. The summed E-state index contributed by atoms with van der Waals surface area (Å²) in [4.78, 5) is 27.9. The highest BCUT2D eigenvalue weighted by Crippen LogP contribution is 2.18. The lowest BCUT2D eigenvalue weighted by Gasteiger charge is -2.23. The molecule has 148 valence electrons. The third-order valence-corrected chi connectivity index (χ3v) is 4.94. The van der Waals surface area contributed by atoms with Gasteiger partial charge in [-0.2, -0.15) is 0 Å². The van der Waals surface area contributed by atoms with Crippen molar-refractivity contribution in [3.63, 3.8) is 0 Å². The van der Waals surface area contributed by atoms with Gasteiger partial charge in [0.05, 0.1) is 6.04 Å². The highest BCUT2D eigenvalue weighted by Gasteiger charge is 2.31. The number of anilines is 1. The molecule has 0 radical (unpaired) electrons. The van der Waals surface area contributed by atoms with Crippen LogP contribution in [0.4, 0.5) is 14.9 Å². The first-order valence-electron chi connectivity index (χ1n) is 9.26. The molecule has 0 bridgehead atoms. The molecule has 0 aliphatic carbocycles. The molecule has 0 saturated carbocycles. The van der Waals surface area contributed by atoms with E-state index in [1.807, 2.05) is 38.4 Å². The Morgan fingerprint density at radius 3 is 2.39 bits per heavy atom. The van der Waals surface area contributed by atoms with E-state index in [1.165, 1.54) is 12.1 Å². The predicted octanol–water partition coefficient (Wildman–Crippen LogP) is 2.81. The molecule has 3 amide bonds. The van der Waals surface area contributed by atoms with E-state index >= 15 is 0 Å². The average Bonchev–Trinajstić information content (AvgIpc) is 3.02. The van der Waals surface area contributed by atoms with Crippen LogP contribution in [0.1, 0.15) is 17.5 Å². The highest BCUT2D eigenvalue weighted by molar-refractivity contribution is 5.89. The molecular weight excluding hydrogens is 359 g/mol. The lowest BCUT2D eigenvalue weighted by molar-refractivity contribution is -0.130. The van der Waals surface area contributed by atoms with Crippen LogP contribution in [0, 0.1) is 5.82 Å². The maximum absolute atomic E-state index is 12.9. The van der Waals surface area contributed by atoms with Gasteiger partial charge in [0.2, 0.25) is 5.91 Å². The van der Waals surface area contributed by atoms with Crippen LogP contribution in [-0.2, 0) is 17.9 Å². The van der Waals surface area contributed by atoms with Gasteiger partial charge in [-0.15, -0.1) is 0 Å². The first-order valence-corrected chi connectivity index (χ1v) is 9.26. The summed E-state index contributed by atoms with van der Waals surface area (Å²) < 4.78 is 12.9. The lowest BCUT2D eigenvalue weighted by Crippen LogP contribution is -2.38. The number of likely N-dealkylation sites (tertiary alicyclic amines) is 1. The molecule has 1 aliphatic rings. The van der Waals surface area contributed by atoms with Gasteiger partial charge in [-0.1, -0.05) is 24.3 Å². The minimum atomic E-state index is -0.325. The predicted molar refractivity (Wildman–Crippen MR) is 106 cm³/mol. The zero-order valence-corrected chi connectivity index (χ0v) is 16.1. The van der Waals surface area contributed by atoms with Crippen LogP contribution in [0.15, 0.2) is 48.5 Å². The van der Waals surface area contributed by atoms with Crippen molar-refractivity contribution in [1.82, 2.24) is 15.1 Å². The van der Waals surface area contributed by atoms with Gasteiger partial charge in [-0.3, -0.25) is 9.69 Å². The molecule has 2 N–H and O–H groups in total. The van der Waals surface area contributed by atoms with Crippen molar-refractivity contribution in [3.8, 4) is 0 Å². The quantitative estimate of drug-likeness (QED) is 0.805. The van der Waals surface area contributed by atoms with Crippen molar-refractivity contribution in [3.05, 3.63) is 65.5 Å². The maximum Gasteiger partial charge on any atom is 0.319 e. The Kier molecular flexibility index (Phi) is 6.26. The van der Waals surface area contributed by atoms with Crippen LogP contribution in [-0.4, -0.2) is 48.4 Å². The maximum atomic E-state index is 12.9. The largest absolute Gasteiger partial charge is 0.344 e. The monoisotopic (exact) mass is 384 g/mol. The summed E-state index contributed by atoms with van der Waals surface area (Å²) in [5, 5.41) is 5.51. The van der Waals surface area contributed by atoms with Crippen molar-refractivity contribution in [1.29, 1.82) is 0 Å². The van der Waals surface area contributed by atoms with Crippen LogP contribution in [0.25, 0.3) is 0 Å². The molecule has 1 unspecified atom stereocenters. The number of likely N-dealkylation sites (N-methyl/N-ethyl adjacent to an activating group) is 2. The number of nitrogens with zero attached hydrogens (tertiary/aromatic N) is 2. The molecule has 2 aromatic carbocycles. The van der Waals surface area contributed by atoms with Crippen molar-refractivity contribution in [2.24, 2.45) is 0 Å². The van der Waals surface area contributed by atoms with E-state index in [9.17, 15) is 14.0 Å². The third kappa shape index (κ3) is 5.07. The van der Waals surface area contributed by atoms with Crippen LogP contribution in [0.5, 0.6) is 0 Å². The molecule has 3 rings (SSSR count). The van der Waals surface area contributed by atoms with E-state index in [2.05, 4.69) is 15.5 Å². The van der Waals surface area contributed by atoms with Gasteiger partial charge < -0.3 is 15.5 Å². The summed E-state index contributed by atoms with van der Waals surface area (Å²) in [6, 6.07) is 13.1. The van der Waals surface area contributed by atoms with Crippen molar-refractivity contribution in [2.45, 2.75) is 25.6 Å². The molecule has 7 heteroatoms. The van der Waals surface area contributed by atoms with Gasteiger partial charge >= 0.3 is 6.03 Å². The standard InChI is InChI=1S/C21H25FN4O2/c1-25-12-11-19(20(25)27)26(2)14-16-5-9-18(10-6-16)24-21(28)23-13-15-3-7-17(22)8-4-15/h3-10,19H,11-14H2,1-2H3,(H2,23,24,28). The summed E-state index contributed by atoms with van der Waals surface area (Å²) in [5.41, 5.74) is 2.57. The molecule has 1 saturated heterocycles. The zero-order chi connectivity index (χ0) is 20.1. The van der Waals surface area contributed by atoms with Gasteiger partial charge in [-0.25, -0.2) is 9.18 Å². The first-order chi connectivity index (χ1) is 13.4. The Bertz CT molecular complexity index is 823. The minimum Gasteiger partial charge on any atom is -0.344 e. The number of hydrogen-bond donors (Lipinski definition) is 2. The molecule has 1 fully saturated rings. The number of hydrogen-bond acceptors (Lipinski definition) is 3. The fraction of sp³-hybridized carbons (Fsp3) is 0.333. The van der Waals surface area contributed by atoms with E-state index in [0.29, 0.717) is 18.8 Å². The van der Waals surface area contributed by atoms with Crippen LogP contribution in [0.3, 0.4) is 0 Å². The molecule has 0 aromatic heterocycles. The van der Waals surface area contributed by atoms with E-state index in [4.69, 9.17) is 0 Å². The van der Waals surface area contributed by atoms with E-state index in [1.54, 1.807) is 17.0 Å². The number of carbonyl (C=O) groups is 2. The third-order valence-electron chi connectivity index (χ3n) is 4.94. The van der Waals surface area contributed by atoms with Crippen molar-refractivity contribution >= 4 is 17.6 Å². The molecule has 0 spiro atoms.